The van der Waals surface area contributed by atoms with E-state index in [1.165, 1.54) is 38.5 Å². The van der Waals surface area contributed by atoms with Gasteiger partial charge in [0.25, 0.3) is 0 Å². The topological polar surface area (TPSA) is 54.2 Å². The number of nitrogens with zero attached hydrogens (tertiary/aromatic N) is 3. The van der Waals surface area contributed by atoms with Crippen LogP contribution in [0, 0.1) is 5.92 Å². The highest BCUT2D eigenvalue weighted by Gasteiger charge is 2.35. The number of rotatable bonds is 5. The van der Waals surface area contributed by atoms with Gasteiger partial charge in [0.2, 0.25) is 5.89 Å². The lowest BCUT2D eigenvalue weighted by Gasteiger charge is -2.27. The van der Waals surface area contributed by atoms with Crippen LogP contribution in [0.2, 0.25) is 0 Å². The molecule has 2 fully saturated rings. The quantitative estimate of drug-likeness (QED) is 0.884. The molecule has 1 aliphatic carbocycles. The van der Waals surface area contributed by atoms with Gasteiger partial charge in [-0.2, -0.15) is 0 Å². The summed E-state index contributed by atoms with van der Waals surface area (Å²) >= 11 is 0. The minimum Gasteiger partial charge on any atom is -0.407 e. The normalized spacial score (nSPS) is 24.5. The van der Waals surface area contributed by atoms with Crippen molar-refractivity contribution in [3.05, 3.63) is 5.89 Å². The van der Waals surface area contributed by atoms with E-state index < -0.39 is 0 Å². The zero-order valence-corrected chi connectivity index (χ0v) is 11.8. The van der Waals surface area contributed by atoms with Gasteiger partial charge < -0.3 is 14.6 Å². The lowest BCUT2D eigenvalue weighted by molar-refractivity contribution is 0.399. The molecule has 1 unspecified atom stereocenters. The third kappa shape index (κ3) is 2.76. The maximum atomic E-state index is 5.80. The van der Waals surface area contributed by atoms with Crippen molar-refractivity contribution in [1.82, 2.24) is 15.5 Å². The van der Waals surface area contributed by atoms with E-state index in [9.17, 15) is 0 Å². The summed E-state index contributed by atoms with van der Waals surface area (Å²) in [6.45, 7) is 4.75. The Morgan fingerprint density at radius 3 is 2.84 bits per heavy atom. The molecule has 0 aromatic carbocycles. The molecular formula is C14H24N4O. The van der Waals surface area contributed by atoms with Gasteiger partial charge >= 0.3 is 6.01 Å². The van der Waals surface area contributed by atoms with Gasteiger partial charge in [0.1, 0.15) is 0 Å². The van der Waals surface area contributed by atoms with Crippen LogP contribution in [0.3, 0.4) is 0 Å². The number of hydrogen-bond donors (Lipinski definition) is 1. The van der Waals surface area contributed by atoms with Crippen LogP contribution in [-0.2, 0) is 6.54 Å². The zero-order chi connectivity index (χ0) is 13.1. The summed E-state index contributed by atoms with van der Waals surface area (Å²) in [7, 11) is 0. The van der Waals surface area contributed by atoms with Crippen molar-refractivity contribution in [2.45, 2.75) is 58.0 Å². The fraction of sp³-hybridized carbons (Fsp3) is 0.857. The minimum atomic E-state index is 0.634. The van der Waals surface area contributed by atoms with Gasteiger partial charge in [-0.1, -0.05) is 24.9 Å². The number of hydrogen-bond acceptors (Lipinski definition) is 5. The van der Waals surface area contributed by atoms with Gasteiger partial charge in [-0.25, -0.2) is 0 Å². The summed E-state index contributed by atoms with van der Waals surface area (Å²) < 4.78 is 5.80. The maximum absolute atomic E-state index is 5.80. The second kappa shape index (κ2) is 5.90. The summed E-state index contributed by atoms with van der Waals surface area (Å²) in [5.74, 6) is 1.54. The molecule has 5 nitrogen and oxygen atoms in total. The Bertz CT molecular complexity index is 400. The van der Waals surface area contributed by atoms with Gasteiger partial charge in [-0.3, -0.25) is 0 Å². The van der Waals surface area contributed by atoms with Crippen molar-refractivity contribution in [3.8, 4) is 0 Å². The SMILES string of the molecule is CCNCc1nnc(N2CCCC2C2CCCC2)o1. The van der Waals surface area contributed by atoms with Gasteiger partial charge in [0, 0.05) is 12.6 Å². The van der Waals surface area contributed by atoms with E-state index in [1.807, 2.05) is 0 Å². The third-order valence-corrected chi connectivity index (χ3v) is 4.47. The number of anilines is 1. The molecule has 1 aliphatic heterocycles. The molecule has 2 heterocycles. The van der Waals surface area contributed by atoms with Gasteiger partial charge in [-0.15, -0.1) is 5.10 Å². The van der Waals surface area contributed by atoms with Crippen LogP contribution in [0.4, 0.5) is 6.01 Å². The highest BCUT2D eigenvalue weighted by Crippen LogP contribution is 2.37. The number of nitrogens with one attached hydrogen (secondary N) is 1. The van der Waals surface area contributed by atoms with Crippen LogP contribution >= 0.6 is 0 Å². The van der Waals surface area contributed by atoms with Crippen molar-refractivity contribution in [2.24, 2.45) is 5.92 Å². The standard InChI is InChI=1S/C14H24N4O/c1-2-15-10-13-16-17-14(19-13)18-9-5-8-12(18)11-6-3-4-7-11/h11-12,15H,2-10H2,1H3. The highest BCUT2D eigenvalue weighted by molar-refractivity contribution is 5.29. The lowest BCUT2D eigenvalue weighted by Crippen LogP contribution is -2.34. The van der Waals surface area contributed by atoms with Crippen molar-refractivity contribution in [3.63, 3.8) is 0 Å². The highest BCUT2D eigenvalue weighted by atomic mass is 16.4. The summed E-state index contributed by atoms with van der Waals surface area (Å²) in [6.07, 6.45) is 8.08. The third-order valence-electron chi connectivity index (χ3n) is 4.47. The van der Waals surface area contributed by atoms with Gasteiger partial charge in [0.05, 0.1) is 6.54 Å². The Labute approximate surface area is 114 Å². The molecule has 1 saturated carbocycles. The molecule has 0 bridgehead atoms. The molecule has 106 valence electrons. The molecule has 1 saturated heterocycles. The van der Waals surface area contributed by atoms with Crippen LogP contribution in [0.15, 0.2) is 4.42 Å². The van der Waals surface area contributed by atoms with E-state index in [-0.39, 0.29) is 0 Å². The van der Waals surface area contributed by atoms with Crippen LogP contribution in [-0.4, -0.2) is 29.3 Å². The minimum absolute atomic E-state index is 0.634. The van der Waals surface area contributed by atoms with Crippen molar-refractivity contribution < 1.29 is 4.42 Å². The first-order chi connectivity index (χ1) is 9.38. The van der Waals surface area contributed by atoms with Crippen LogP contribution < -0.4 is 10.2 Å². The maximum Gasteiger partial charge on any atom is 0.318 e. The van der Waals surface area contributed by atoms with Crippen molar-refractivity contribution >= 4 is 6.01 Å². The van der Waals surface area contributed by atoms with Gasteiger partial charge in [-0.05, 0) is 38.1 Å². The molecule has 1 atom stereocenters. The largest absolute Gasteiger partial charge is 0.407 e. The molecular weight excluding hydrogens is 240 g/mol. The summed E-state index contributed by atoms with van der Waals surface area (Å²) in [5.41, 5.74) is 0. The van der Waals surface area contributed by atoms with E-state index in [4.69, 9.17) is 4.42 Å². The van der Waals surface area contributed by atoms with E-state index in [1.54, 1.807) is 0 Å². The van der Waals surface area contributed by atoms with Crippen LogP contribution in [0.25, 0.3) is 0 Å². The second-order valence-electron chi connectivity index (χ2n) is 5.71. The molecule has 5 heteroatoms. The first-order valence-corrected chi connectivity index (χ1v) is 7.68. The van der Waals surface area contributed by atoms with Gasteiger partial charge in [0.15, 0.2) is 0 Å². The molecule has 2 aliphatic rings. The molecule has 1 aromatic rings. The van der Waals surface area contributed by atoms with Crippen LogP contribution in [0.1, 0.15) is 51.3 Å². The monoisotopic (exact) mass is 264 g/mol. The summed E-state index contributed by atoms with van der Waals surface area (Å²) in [4.78, 5) is 2.36. The molecule has 1 aromatic heterocycles. The first kappa shape index (κ1) is 12.9. The Kier molecular flexibility index (Phi) is 4.01. The fourth-order valence-corrected chi connectivity index (χ4v) is 3.53. The molecule has 1 N–H and O–H groups in total. The average Bonchev–Trinajstić information content (AvgIpc) is 3.14. The van der Waals surface area contributed by atoms with Crippen LogP contribution in [0.5, 0.6) is 0 Å². The smallest absolute Gasteiger partial charge is 0.318 e. The molecule has 19 heavy (non-hydrogen) atoms. The first-order valence-electron chi connectivity index (χ1n) is 7.68. The predicted molar refractivity (Wildman–Crippen MR) is 74.0 cm³/mol. The van der Waals surface area contributed by atoms with E-state index in [2.05, 4.69) is 27.3 Å². The second-order valence-corrected chi connectivity index (χ2v) is 5.71. The molecule has 0 radical (unpaired) electrons. The zero-order valence-electron chi connectivity index (χ0n) is 11.8. The summed E-state index contributed by atoms with van der Waals surface area (Å²) in [6, 6.07) is 1.37. The predicted octanol–water partition coefficient (Wildman–Crippen LogP) is 2.34. The van der Waals surface area contributed by atoms with E-state index in [0.29, 0.717) is 18.5 Å². The van der Waals surface area contributed by atoms with Crippen molar-refractivity contribution in [1.29, 1.82) is 0 Å². The molecule has 3 rings (SSSR count). The summed E-state index contributed by atoms with van der Waals surface area (Å²) in [5, 5.41) is 11.6. The Balaban J connectivity index is 1.67. The molecule has 0 spiro atoms. The Morgan fingerprint density at radius 1 is 1.21 bits per heavy atom. The molecule has 0 amide bonds. The van der Waals surface area contributed by atoms with Crippen molar-refractivity contribution in [2.75, 3.05) is 18.0 Å². The number of aromatic nitrogens is 2. The fourth-order valence-electron chi connectivity index (χ4n) is 3.53. The Morgan fingerprint density at radius 2 is 2.05 bits per heavy atom. The van der Waals surface area contributed by atoms with E-state index in [0.717, 1.165) is 25.0 Å². The average molecular weight is 264 g/mol. The Hall–Kier alpha value is -1.10. The lowest BCUT2D eigenvalue weighted by atomic mass is 9.96. The van der Waals surface area contributed by atoms with E-state index >= 15 is 0 Å².